The first-order valence-electron chi connectivity index (χ1n) is 7.33. The number of methoxy groups -OCH3 is 1. The van der Waals surface area contributed by atoms with E-state index < -0.39 is 6.04 Å². The van der Waals surface area contributed by atoms with Gasteiger partial charge in [-0.05, 0) is 18.6 Å². The van der Waals surface area contributed by atoms with Crippen LogP contribution in [0.2, 0.25) is 0 Å². The minimum absolute atomic E-state index is 0.0908. The Morgan fingerprint density at radius 3 is 3.09 bits per heavy atom. The number of ether oxygens (including phenoxy) is 1. The summed E-state index contributed by atoms with van der Waals surface area (Å²) < 4.78 is 10.5. The molecule has 7 heteroatoms. The molecule has 23 heavy (non-hydrogen) atoms. The van der Waals surface area contributed by atoms with E-state index in [0.717, 1.165) is 11.3 Å². The van der Waals surface area contributed by atoms with E-state index >= 15 is 0 Å². The normalized spacial score (nSPS) is 16.9. The second-order valence-electron chi connectivity index (χ2n) is 5.29. The van der Waals surface area contributed by atoms with E-state index in [2.05, 4.69) is 15.8 Å². The highest BCUT2D eigenvalue weighted by Crippen LogP contribution is 2.24. The Morgan fingerprint density at radius 2 is 2.35 bits per heavy atom. The first-order chi connectivity index (χ1) is 11.2. The standard InChI is InChI=1S/C16H17N3O4/c1-22-12-4-2-3-10(7-12)14-8-11(19-23-14)9-17-16(21)13-5-6-15(20)18-13/h2-4,7-8,13H,5-6,9H2,1H3,(H,17,21)(H,18,20)/t13-/m0/s1. The van der Waals surface area contributed by atoms with Crippen molar-refractivity contribution in [2.24, 2.45) is 0 Å². The zero-order valence-corrected chi connectivity index (χ0v) is 12.7. The molecule has 2 N–H and O–H groups in total. The number of nitrogens with zero attached hydrogens (tertiary/aromatic N) is 1. The number of hydrogen-bond acceptors (Lipinski definition) is 5. The number of aromatic nitrogens is 1. The summed E-state index contributed by atoms with van der Waals surface area (Å²) in [5, 5.41) is 9.32. The minimum Gasteiger partial charge on any atom is -0.497 e. The predicted octanol–water partition coefficient (Wildman–Crippen LogP) is 1.24. The molecule has 3 rings (SSSR count). The van der Waals surface area contributed by atoms with Crippen LogP contribution in [0.5, 0.6) is 5.75 Å². The van der Waals surface area contributed by atoms with Gasteiger partial charge in [0.25, 0.3) is 0 Å². The maximum atomic E-state index is 11.9. The molecule has 2 aromatic rings. The van der Waals surface area contributed by atoms with Gasteiger partial charge >= 0.3 is 0 Å². The molecule has 1 aliphatic heterocycles. The fourth-order valence-corrected chi connectivity index (χ4v) is 2.42. The van der Waals surface area contributed by atoms with Crippen molar-refractivity contribution in [3.63, 3.8) is 0 Å². The van der Waals surface area contributed by atoms with E-state index in [-0.39, 0.29) is 18.4 Å². The molecule has 2 amide bonds. The van der Waals surface area contributed by atoms with Gasteiger partial charge in [0.05, 0.1) is 13.7 Å². The summed E-state index contributed by atoms with van der Waals surface area (Å²) in [7, 11) is 1.60. The van der Waals surface area contributed by atoms with Crippen molar-refractivity contribution in [3.8, 4) is 17.1 Å². The fraction of sp³-hybridized carbons (Fsp3) is 0.312. The summed E-state index contributed by atoms with van der Waals surface area (Å²) in [6.07, 6.45) is 0.917. The van der Waals surface area contributed by atoms with Gasteiger partial charge in [-0.1, -0.05) is 17.3 Å². The van der Waals surface area contributed by atoms with Crippen LogP contribution in [-0.2, 0) is 16.1 Å². The molecule has 1 saturated heterocycles. The molecule has 1 aliphatic rings. The zero-order valence-electron chi connectivity index (χ0n) is 12.7. The van der Waals surface area contributed by atoms with Crippen LogP contribution < -0.4 is 15.4 Å². The first-order valence-corrected chi connectivity index (χ1v) is 7.33. The van der Waals surface area contributed by atoms with Crippen LogP contribution >= 0.6 is 0 Å². The Morgan fingerprint density at radius 1 is 1.48 bits per heavy atom. The fourth-order valence-electron chi connectivity index (χ4n) is 2.42. The van der Waals surface area contributed by atoms with Crippen LogP contribution in [0, 0.1) is 0 Å². The van der Waals surface area contributed by atoms with Gasteiger partial charge in [-0.15, -0.1) is 0 Å². The molecule has 0 spiro atoms. The molecule has 0 saturated carbocycles. The maximum Gasteiger partial charge on any atom is 0.242 e. The molecule has 0 unspecified atom stereocenters. The van der Waals surface area contributed by atoms with Crippen molar-refractivity contribution in [3.05, 3.63) is 36.0 Å². The third-order valence-electron chi connectivity index (χ3n) is 3.67. The molecule has 1 atom stereocenters. The van der Waals surface area contributed by atoms with Gasteiger partial charge in [0.2, 0.25) is 11.8 Å². The van der Waals surface area contributed by atoms with Crippen LogP contribution in [0.1, 0.15) is 18.5 Å². The third kappa shape index (κ3) is 3.50. The summed E-state index contributed by atoms with van der Waals surface area (Å²) in [5.41, 5.74) is 1.46. The molecule has 0 aliphatic carbocycles. The average molecular weight is 315 g/mol. The SMILES string of the molecule is COc1cccc(-c2cc(CNC(=O)[C@@H]3CCC(=O)N3)no2)c1. The molecule has 7 nitrogen and oxygen atoms in total. The summed E-state index contributed by atoms with van der Waals surface area (Å²) in [4.78, 5) is 23.0. The Hall–Kier alpha value is -2.83. The van der Waals surface area contributed by atoms with Crippen LogP contribution in [0.25, 0.3) is 11.3 Å². The Kier molecular flexibility index (Phi) is 4.27. The van der Waals surface area contributed by atoms with Gasteiger partial charge < -0.3 is 19.9 Å². The molecule has 120 valence electrons. The van der Waals surface area contributed by atoms with Crippen molar-refractivity contribution in [2.75, 3.05) is 7.11 Å². The van der Waals surface area contributed by atoms with Crippen molar-refractivity contribution in [1.29, 1.82) is 0 Å². The zero-order chi connectivity index (χ0) is 16.2. The molecular weight excluding hydrogens is 298 g/mol. The van der Waals surface area contributed by atoms with E-state index in [1.807, 2.05) is 24.3 Å². The van der Waals surface area contributed by atoms with Crippen molar-refractivity contribution < 1.29 is 18.8 Å². The molecule has 1 aromatic heterocycles. The van der Waals surface area contributed by atoms with Crippen molar-refractivity contribution in [2.45, 2.75) is 25.4 Å². The molecule has 0 radical (unpaired) electrons. The van der Waals surface area contributed by atoms with E-state index in [0.29, 0.717) is 24.3 Å². The number of carbonyl (C=O) groups is 2. The lowest BCUT2D eigenvalue weighted by Gasteiger charge is -2.09. The van der Waals surface area contributed by atoms with E-state index in [1.165, 1.54) is 0 Å². The smallest absolute Gasteiger partial charge is 0.242 e. The monoisotopic (exact) mass is 315 g/mol. The van der Waals surface area contributed by atoms with E-state index in [9.17, 15) is 9.59 Å². The highest BCUT2D eigenvalue weighted by atomic mass is 16.5. The summed E-state index contributed by atoms with van der Waals surface area (Å²) >= 11 is 0. The van der Waals surface area contributed by atoms with E-state index in [1.54, 1.807) is 13.2 Å². The number of carbonyl (C=O) groups excluding carboxylic acids is 2. The van der Waals surface area contributed by atoms with Crippen LogP contribution in [0.4, 0.5) is 0 Å². The van der Waals surface area contributed by atoms with Gasteiger partial charge in [-0.2, -0.15) is 0 Å². The maximum absolute atomic E-state index is 11.9. The van der Waals surface area contributed by atoms with Crippen LogP contribution in [0.15, 0.2) is 34.9 Å². The lowest BCUT2D eigenvalue weighted by atomic mass is 10.1. The number of rotatable bonds is 5. The molecule has 2 heterocycles. The first kappa shape index (κ1) is 15.1. The third-order valence-corrected chi connectivity index (χ3v) is 3.67. The van der Waals surface area contributed by atoms with Gasteiger partial charge in [0.15, 0.2) is 5.76 Å². The van der Waals surface area contributed by atoms with E-state index in [4.69, 9.17) is 9.26 Å². The lowest BCUT2D eigenvalue weighted by Crippen LogP contribution is -2.41. The topological polar surface area (TPSA) is 93.5 Å². The average Bonchev–Trinajstić information content (AvgIpc) is 3.22. The summed E-state index contributed by atoms with van der Waals surface area (Å²) in [6.45, 7) is 0.249. The largest absolute Gasteiger partial charge is 0.497 e. The van der Waals surface area contributed by atoms with Crippen LogP contribution in [0.3, 0.4) is 0 Å². The van der Waals surface area contributed by atoms with Crippen LogP contribution in [-0.4, -0.2) is 30.1 Å². The minimum atomic E-state index is -0.452. The molecular formula is C16H17N3O4. The number of hydrogen-bond donors (Lipinski definition) is 2. The number of amides is 2. The Labute approximate surface area is 133 Å². The highest BCUT2D eigenvalue weighted by molar-refractivity contribution is 5.90. The Bertz CT molecular complexity index is 726. The highest BCUT2D eigenvalue weighted by Gasteiger charge is 2.26. The van der Waals surface area contributed by atoms with Gasteiger partial charge in [-0.25, -0.2) is 0 Å². The quantitative estimate of drug-likeness (QED) is 0.866. The predicted molar refractivity (Wildman–Crippen MR) is 81.5 cm³/mol. The van der Waals surface area contributed by atoms with Gasteiger partial charge in [-0.3, -0.25) is 9.59 Å². The van der Waals surface area contributed by atoms with Gasteiger partial charge in [0, 0.05) is 18.1 Å². The molecule has 1 aromatic carbocycles. The molecule has 1 fully saturated rings. The molecule has 0 bridgehead atoms. The second kappa shape index (κ2) is 6.51. The second-order valence-corrected chi connectivity index (χ2v) is 5.29. The number of nitrogens with one attached hydrogen (secondary N) is 2. The lowest BCUT2D eigenvalue weighted by molar-refractivity contribution is -0.125. The van der Waals surface area contributed by atoms with Crippen molar-refractivity contribution in [1.82, 2.24) is 15.8 Å². The van der Waals surface area contributed by atoms with Gasteiger partial charge in [0.1, 0.15) is 17.5 Å². The number of benzene rings is 1. The Balaban J connectivity index is 1.61. The van der Waals surface area contributed by atoms with Crippen molar-refractivity contribution >= 4 is 11.8 Å². The summed E-state index contributed by atoms with van der Waals surface area (Å²) in [5.74, 6) is 1.03. The summed E-state index contributed by atoms with van der Waals surface area (Å²) in [6, 6.07) is 8.75.